The van der Waals surface area contributed by atoms with E-state index in [9.17, 15) is 14.7 Å². The number of carbonyl (C=O) groups excluding carboxylic acids is 1. The van der Waals surface area contributed by atoms with Gasteiger partial charge in [-0.2, -0.15) is 0 Å². The largest absolute Gasteiger partial charge is 0.507 e. The number of aromatic carboxylic acids is 1. The Morgan fingerprint density at radius 1 is 1.00 bits per heavy atom. The summed E-state index contributed by atoms with van der Waals surface area (Å²) in [5.74, 6) is -0.778. The normalized spacial score (nSPS) is 16.5. The van der Waals surface area contributed by atoms with Crippen LogP contribution in [-0.2, 0) is 11.2 Å². The third-order valence-electron chi connectivity index (χ3n) is 5.71. The first-order valence-corrected chi connectivity index (χ1v) is 9.88. The number of rotatable bonds is 5. The highest BCUT2D eigenvalue weighted by atomic mass is 16.7. The fraction of sp³-hybridized carbons (Fsp3) is 0.167. The van der Waals surface area contributed by atoms with Gasteiger partial charge in [0, 0.05) is 23.9 Å². The van der Waals surface area contributed by atoms with Crippen LogP contribution in [0.15, 0.2) is 60.7 Å². The van der Waals surface area contributed by atoms with Crippen LogP contribution in [0.2, 0.25) is 0 Å². The zero-order valence-corrected chi connectivity index (χ0v) is 16.4. The Labute approximate surface area is 178 Å². The zero-order valence-electron chi connectivity index (χ0n) is 16.4. The summed E-state index contributed by atoms with van der Waals surface area (Å²) in [5, 5.41) is 19.6. The van der Waals surface area contributed by atoms with E-state index in [1.54, 1.807) is 35.2 Å². The highest BCUT2D eigenvalue weighted by Gasteiger charge is 2.40. The number of anilines is 1. The number of hydrogen-bond donors (Lipinski definition) is 2. The number of carbonyl (C=O) groups is 2. The third kappa shape index (κ3) is 3.24. The van der Waals surface area contributed by atoms with E-state index in [4.69, 9.17) is 14.6 Å². The van der Waals surface area contributed by atoms with Crippen LogP contribution in [0.4, 0.5) is 5.69 Å². The Kier molecular flexibility index (Phi) is 4.51. The highest BCUT2D eigenvalue weighted by molar-refractivity contribution is 6.07. The number of aromatic hydroxyl groups is 1. The number of phenolic OH excluding ortho intramolecular Hbond substituents is 1. The SMILES string of the molecule is O=C(O)c1ccc(CCN2C(=O)C(c3cc4c(cc3O)OCO4)c3ccccc32)cc1. The molecular formula is C24H19NO6. The molecule has 0 aromatic heterocycles. The average Bonchev–Trinajstić information content (AvgIpc) is 3.33. The van der Waals surface area contributed by atoms with E-state index in [2.05, 4.69) is 0 Å². The molecule has 0 saturated heterocycles. The highest BCUT2D eigenvalue weighted by Crippen LogP contribution is 2.47. The maximum atomic E-state index is 13.4. The molecule has 2 N–H and O–H groups in total. The predicted octanol–water partition coefficient (Wildman–Crippen LogP) is 3.54. The summed E-state index contributed by atoms with van der Waals surface area (Å²) < 4.78 is 10.7. The number of amides is 1. The van der Waals surface area contributed by atoms with Gasteiger partial charge in [0.15, 0.2) is 11.5 Å². The number of nitrogens with zero attached hydrogens (tertiary/aromatic N) is 1. The van der Waals surface area contributed by atoms with Crippen LogP contribution < -0.4 is 14.4 Å². The van der Waals surface area contributed by atoms with Crippen molar-refractivity contribution in [1.29, 1.82) is 0 Å². The Balaban J connectivity index is 1.44. The number of phenols is 1. The van der Waals surface area contributed by atoms with E-state index in [1.807, 2.05) is 24.3 Å². The van der Waals surface area contributed by atoms with Crippen LogP contribution in [0.5, 0.6) is 17.2 Å². The summed E-state index contributed by atoms with van der Waals surface area (Å²) in [6.07, 6.45) is 0.569. The van der Waals surface area contributed by atoms with Gasteiger partial charge >= 0.3 is 5.97 Å². The number of ether oxygens (including phenoxy) is 2. The van der Waals surface area contributed by atoms with Crippen LogP contribution >= 0.6 is 0 Å². The van der Waals surface area contributed by atoms with E-state index in [0.29, 0.717) is 30.0 Å². The molecule has 2 heterocycles. The molecule has 7 heteroatoms. The van der Waals surface area contributed by atoms with Crippen LogP contribution in [0.25, 0.3) is 0 Å². The first-order chi connectivity index (χ1) is 15.0. The fourth-order valence-corrected chi connectivity index (χ4v) is 4.15. The van der Waals surface area contributed by atoms with E-state index in [0.717, 1.165) is 16.8 Å². The van der Waals surface area contributed by atoms with Crippen molar-refractivity contribution < 1.29 is 29.3 Å². The molecule has 3 aromatic carbocycles. The Hall–Kier alpha value is -4.00. The summed E-state index contributed by atoms with van der Waals surface area (Å²) >= 11 is 0. The lowest BCUT2D eigenvalue weighted by atomic mass is 9.91. The lowest BCUT2D eigenvalue weighted by molar-refractivity contribution is -0.118. The van der Waals surface area contributed by atoms with Crippen LogP contribution in [0.1, 0.15) is 33.0 Å². The fourth-order valence-electron chi connectivity index (χ4n) is 4.15. The van der Waals surface area contributed by atoms with Crippen molar-refractivity contribution in [2.24, 2.45) is 0 Å². The standard InChI is InChI=1S/C24H19NO6/c26-19-12-21-20(30-13-31-21)11-17(19)22-16-3-1-2-4-18(16)25(23(22)27)10-9-14-5-7-15(8-6-14)24(28)29/h1-8,11-12,22,26H,9-10,13H2,(H,28,29). The molecule has 5 rings (SSSR count). The molecule has 156 valence electrons. The molecule has 2 aliphatic heterocycles. The second-order valence-electron chi connectivity index (χ2n) is 7.50. The van der Waals surface area contributed by atoms with Gasteiger partial charge in [0.05, 0.1) is 11.5 Å². The maximum absolute atomic E-state index is 13.4. The zero-order chi connectivity index (χ0) is 21.5. The average molecular weight is 417 g/mol. The Morgan fingerprint density at radius 2 is 1.71 bits per heavy atom. The molecule has 31 heavy (non-hydrogen) atoms. The first-order valence-electron chi connectivity index (χ1n) is 9.88. The summed E-state index contributed by atoms with van der Waals surface area (Å²) in [6, 6.07) is 17.3. The monoisotopic (exact) mass is 417 g/mol. The van der Waals surface area contributed by atoms with Gasteiger partial charge in [-0.15, -0.1) is 0 Å². The molecule has 0 saturated carbocycles. The summed E-state index contributed by atoms with van der Waals surface area (Å²) in [4.78, 5) is 26.2. The van der Waals surface area contributed by atoms with Gasteiger partial charge in [-0.1, -0.05) is 30.3 Å². The molecule has 0 aliphatic carbocycles. The van der Waals surface area contributed by atoms with Crippen molar-refractivity contribution in [3.8, 4) is 17.2 Å². The van der Waals surface area contributed by atoms with Crippen molar-refractivity contribution in [3.63, 3.8) is 0 Å². The number of benzene rings is 3. The molecule has 2 aliphatic rings. The quantitative estimate of drug-likeness (QED) is 0.659. The topological polar surface area (TPSA) is 96.3 Å². The van der Waals surface area contributed by atoms with Gasteiger partial charge in [-0.3, -0.25) is 4.79 Å². The van der Waals surface area contributed by atoms with Crippen molar-refractivity contribution in [2.45, 2.75) is 12.3 Å². The Morgan fingerprint density at radius 3 is 2.45 bits per heavy atom. The molecule has 0 fully saturated rings. The maximum Gasteiger partial charge on any atom is 0.335 e. The molecule has 0 radical (unpaired) electrons. The smallest absolute Gasteiger partial charge is 0.335 e. The number of hydrogen-bond acceptors (Lipinski definition) is 5. The van der Waals surface area contributed by atoms with E-state index in [-0.39, 0.29) is 24.0 Å². The molecule has 0 bridgehead atoms. The molecule has 1 unspecified atom stereocenters. The number of carboxylic acids is 1. The van der Waals surface area contributed by atoms with Gasteiger partial charge in [0.25, 0.3) is 0 Å². The minimum Gasteiger partial charge on any atom is -0.507 e. The summed E-state index contributed by atoms with van der Waals surface area (Å²) in [6.45, 7) is 0.518. The van der Waals surface area contributed by atoms with Gasteiger partial charge in [-0.05, 0) is 41.8 Å². The van der Waals surface area contributed by atoms with Crippen molar-refractivity contribution in [1.82, 2.24) is 0 Å². The summed E-state index contributed by atoms with van der Waals surface area (Å²) in [5.41, 5.74) is 3.27. The molecule has 1 atom stereocenters. The molecule has 1 amide bonds. The lowest BCUT2D eigenvalue weighted by Gasteiger charge is -2.18. The van der Waals surface area contributed by atoms with Gasteiger partial charge in [-0.25, -0.2) is 4.79 Å². The van der Waals surface area contributed by atoms with E-state index >= 15 is 0 Å². The first kappa shape index (κ1) is 19.0. The van der Waals surface area contributed by atoms with Gasteiger partial charge < -0.3 is 24.6 Å². The van der Waals surface area contributed by atoms with Gasteiger partial charge in [0.2, 0.25) is 12.7 Å². The second kappa shape index (κ2) is 7.36. The molecule has 3 aromatic rings. The van der Waals surface area contributed by atoms with Gasteiger partial charge in [0.1, 0.15) is 5.75 Å². The third-order valence-corrected chi connectivity index (χ3v) is 5.71. The second-order valence-corrected chi connectivity index (χ2v) is 7.50. The van der Waals surface area contributed by atoms with E-state index in [1.165, 1.54) is 6.07 Å². The molecular weight excluding hydrogens is 398 g/mol. The van der Waals surface area contributed by atoms with Crippen LogP contribution in [-0.4, -0.2) is 35.4 Å². The summed E-state index contributed by atoms with van der Waals surface area (Å²) in [7, 11) is 0. The number of para-hydroxylation sites is 1. The predicted molar refractivity (Wildman–Crippen MR) is 112 cm³/mol. The molecule has 7 nitrogen and oxygen atoms in total. The minimum atomic E-state index is -0.971. The number of carboxylic acid groups (broad SMARTS) is 1. The van der Waals surface area contributed by atoms with Crippen molar-refractivity contribution in [3.05, 3.63) is 82.9 Å². The Bertz CT molecular complexity index is 1190. The van der Waals surface area contributed by atoms with Crippen LogP contribution in [0, 0.1) is 0 Å². The van der Waals surface area contributed by atoms with Crippen molar-refractivity contribution in [2.75, 3.05) is 18.2 Å². The lowest BCUT2D eigenvalue weighted by Crippen LogP contribution is -2.31. The van der Waals surface area contributed by atoms with Crippen molar-refractivity contribution >= 4 is 17.6 Å². The van der Waals surface area contributed by atoms with E-state index < -0.39 is 11.9 Å². The molecule has 0 spiro atoms. The number of fused-ring (bicyclic) bond motifs is 2. The van der Waals surface area contributed by atoms with Crippen LogP contribution in [0.3, 0.4) is 0 Å². The minimum absolute atomic E-state index is 0.0106.